The summed E-state index contributed by atoms with van der Waals surface area (Å²) >= 11 is 0. The van der Waals surface area contributed by atoms with Crippen LogP contribution in [0.3, 0.4) is 0 Å². The molecule has 0 bridgehead atoms. The molecule has 0 aliphatic carbocycles. The van der Waals surface area contributed by atoms with Gasteiger partial charge in [0.25, 0.3) is 5.91 Å². The minimum atomic E-state index is -0.362. The van der Waals surface area contributed by atoms with Crippen molar-refractivity contribution in [1.82, 2.24) is 5.32 Å². The summed E-state index contributed by atoms with van der Waals surface area (Å²) < 4.78 is 18.5. The van der Waals surface area contributed by atoms with Gasteiger partial charge in [-0.05, 0) is 42.3 Å². The normalized spacial score (nSPS) is 14.2. The molecule has 2 amide bonds. The van der Waals surface area contributed by atoms with Crippen LogP contribution in [0.5, 0.6) is 5.75 Å². The predicted octanol–water partition coefficient (Wildman–Crippen LogP) is 2.58. The molecule has 0 aromatic heterocycles. The highest BCUT2D eigenvalue weighted by Crippen LogP contribution is 2.30. The molecule has 0 unspecified atom stereocenters. The van der Waals surface area contributed by atoms with Crippen LogP contribution in [0.1, 0.15) is 24.1 Å². The Balaban J connectivity index is 1.66. The third-order valence-corrected chi connectivity index (χ3v) is 3.77. The van der Waals surface area contributed by atoms with E-state index in [1.165, 1.54) is 12.1 Å². The summed E-state index contributed by atoms with van der Waals surface area (Å²) in [6, 6.07) is 11.1. The second kappa shape index (κ2) is 6.70. The van der Waals surface area contributed by atoms with Gasteiger partial charge in [-0.25, -0.2) is 4.39 Å². The standard InChI is InChI=1S/C18H17FN2O3/c1-11(20-17(22)8-12-3-2-4-14(19)7-12)13-5-6-16-15(9-13)21-18(23)10-24-16/h2-7,9,11H,8,10H2,1H3,(H,20,22)(H,21,23)/t11-/m1/s1. The number of carbonyl (C=O) groups excluding carboxylic acids is 2. The molecular weight excluding hydrogens is 311 g/mol. The number of rotatable bonds is 4. The van der Waals surface area contributed by atoms with Gasteiger partial charge in [-0.2, -0.15) is 0 Å². The van der Waals surface area contributed by atoms with Gasteiger partial charge in [0.1, 0.15) is 11.6 Å². The SMILES string of the molecule is C[C@@H](NC(=O)Cc1cccc(F)c1)c1ccc2c(c1)NC(=O)CO2. The fourth-order valence-corrected chi connectivity index (χ4v) is 2.58. The summed E-state index contributed by atoms with van der Waals surface area (Å²) in [5, 5.41) is 5.60. The Morgan fingerprint density at radius 1 is 1.33 bits per heavy atom. The molecule has 0 saturated carbocycles. The number of hydrogen-bond acceptors (Lipinski definition) is 3. The molecule has 2 aromatic rings. The van der Waals surface area contributed by atoms with E-state index in [1.807, 2.05) is 13.0 Å². The molecule has 1 atom stereocenters. The van der Waals surface area contributed by atoms with Gasteiger partial charge in [0.15, 0.2) is 6.61 Å². The zero-order chi connectivity index (χ0) is 17.1. The van der Waals surface area contributed by atoms with Crippen LogP contribution in [-0.2, 0) is 16.0 Å². The molecule has 24 heavy (non-hydrogen) atoms. The highest BCUT2D eigenvalue weighted by Gasteiger charge is 2.18. The van der Waals surface area contributed by atoms with Crippen LogP contribution in [-0.4, -0.2) is 18.4 Å². The monoisotopic (exact) mass is 328 g/mol. The Hall–Kier alpha value is -2.89. The molecule has 0 spiro atoms. The van der Waals surface area contributed by atoms with Crippen LogP contribution < -0.4 is 15.4 Å². The lowest BCUT2D eigenvalue weighted by Gasteiger charge is -2.21. The zero-order valence-corrected chi connectivity index (χ0v) is 13.1. The fraction of sp³-hybridized carbons (Fsp3) is 0.222. The largest absolute Gasteiger partial charge is 0.482 e. The number of amides is 2. The first-order valence-corrected chi connectivity index (χ1v) is 7.61. The highest BCUT2D eigenvalue weighted by atomic mass is 19.1. The van der Waals surface area contributed by atoms with E-state index in [0.29, 0.717) is 17.0 Å². The van der Waals surface area contributed by atoms with Gasteiger partial charge in [0, 0.05) is 0 Å². The van der Waals surface area contributed by atoms with Gasteiger partial charge in [0.05, 0.1) is 18.2 Å². The molecule has 2 aromatic carbocycles. The zero-order valence-electron chi connectivity index (χ0n) is 13.1. The molecule has 1 aliphatic heterocycles. The van der Waals surface area contributed by atoms with Crippen molar-refractivity contribution >= 4 is 17.5 Å². The van der Waals surface area contributed by atoms with Crippen molar-refractivity contribution in [3.8, 4) is 5.75 Å². The van der Waals surface area contributed by atoms with E-state index in [1.54, 1.807) is 24.3 Å². The van der Waals surface area contributed by atoms with Crippen LogP contribution >= 0.6 is 0 Å². The number of anilines is 1. The molecule has 0 saturated heterocycles. The van der Waals surface area contributed by atoms with Crippen LogP contribution in [0.15, 0.2) is 42.5 Å². The van der Waals surface area contributed by atoms with Crippen molar-refractivity contribution in [2.24, 2.45) is 0 Å². The first-order chi connectivity index (χ1) is 11.5. The summed E-state index contributed by atoms with van der Waals surface area (Å²) in [6.07, 6.45) is 0.104. The van der Waals surface area contributed by atoms with E-state index < -0.39 is 0 Å². The van der Waals surface area contributed by atoms with Gasteiger partial charge in [-0.1, -0.05) is 18.2 Å². The molecule has 1 aliphatic rings. The smallest absolute Gasteiger partial charge is 0.262 e. The van der Waals surface area contributed by atoms with Crippen LogP contribution in [0.2, 0.25) is 0 Å². The molecule has 5 nitrogen and oxygen atoms in total. The first kappa shape index (κ1) is 16.0. The number of halogens is 1. The summed E-state index contributed by atoms with van der Waals surface area (Å²) in [5.41, 5.74) is 2.05. The van der Waals surface area contributed by atoms with E-state index in [0.717, 1.165) is 5.56 Å². The average Bonchev–Trinajstić information content (AvgIpc) is 2.54. The highest BCUT2D eigenvalue weighted by molar-refractivity contribution is 5.95. The first-order valence-electron chi connectivity index (χ1n) is 7.61. The quantitative estimate of drug-likeness (QED) is 0.906. The van der Waals surface area contributed by atoms with Gasteiger partial charge < -0.3 is 15.4 Å². The number of hydrogen-bond donors (Lipinski definition) is 2. The van der Waals surface area contributed by atoms with Crippen molar-refractivity contribution in [2.75, 3.05) is 11.9 Å². The number of nitrogens with one attached hydrogen (secondary N) is 2. The molecule has 0 radical (unpaired) electrons. The van der Waals surface area contributed by atoms with Crippen LogP contribution in [0.25, 0.3) is 0 Å². The summed E-state index contributed by atoms with van der Waals surface area (Å²) in [7, 11) is 0. The minimum Gasteiger partial charge on any atom is -0.482 e. The summed E-state index contributed by atoms with van der Waals surface area (Å²) in [4.78, 5) is 23.5. The van der Waals surface area contributed by atoms with Gasteiger partial charge in [-0.15, -0.1) is 0 Å². The van der Waals surface area contributed by atoms with Crippen molar-refractivity contribution < 1.29 is 18.7 Å². The predicted molar refractivity (Wildman–Crippen MR) is 87.2 cm³/mol. The van der Waals surface area contributed by atoms with Gasteiger partial charge in [0.2, 0.25) is 5.91 Å². The number of ether oxygens (including phenoxy) is 1. The number of benzene rings is 2. The third kappa shape index (κ3) is 3.71. The Morgan fingerprint density at radius 3 is 2.96 bits per heavy atom. The molecule has 0 fully saturated rings. The third-order valence-electron chi connectivity index (χ3n) is 3.77. The summed E-state index contributed by atoms with van der Waals surface area (Å²) in [6.45, 7) is 1.85. The second-order valence-electron chi connectivity index (χ2n) is 5.69. The van der Waals surface area contributed by atoms with Crippen molar-refractivity contribution in [3.05, 3.63) is 59.4 Å². The molecule has 124 valence electrons. The lowest BCUT2D eigenvalue weighted by molar-refractivity contribution is -0.121. The Kier molecular flexibility index (Phi) is 4.46. The molecular formula is C18H17FN2O3. The van der Waals surface area contributed by atoms with Crippen molar-refractivity contribution in [3.63, 3.8) is 0 Å². The molecule has 1 heterocycles. The second-order valence-corrected chi connectivity index (χ2v) is 5.69. The lowest BCUT2D eigenvalue weighted by Crippen LogP contribution is -2.29. The van der Waals surface area contributed by atoms with Crippen molar-refractivity contribution in [1.29, 1.82) is 0 Å². The Bertz CT molecular complexity index is 792. The maximum Gasteiger partial charge on any atom is 0.262 e. The summed E-state index contributed by atoms with van der Waals surface area (Å²) in [5.74, 6) is -0.163. The average molecular weight is 328 g/mol. The van der Waals surface area contributed by atoms with Gasteiger partial charge in [-0.3, -0.25) is 9.59 Å². The van der Waals surface area contributed by atoms with E-state index in [9.17, 15) is 14.0 Å². The van der Waals surface area contributed by atoms with Crippen molar-refractivity contribution in [2.45, 2.75) is 19.4 Å². The Labute approximate surface area is 138 Å². The number of carbonyl (C=O) groups is 2. The lowest BCUT2D eigenvalue weighted by atomic mass is 10.1. The fourth-order valence-electron chi connectivity index (χ4n) is 2.58. The molecule has 3 rings (SSSR count). The Morgan fingerprint density at radius 2 is 2.17 bits per heavy atom. The topological polar surface area (TPSA) is 67.4 Å². The maximum absolute atomic E-state index is 13.2. The molecule has 6 heteroatoms. The van der Waals surface area contributed by atoms with E-state index >= 15 is 0 Å². The minimum absolute atomic E-state index is 0.00622. The van der Waals surface area contributed by atoms with Crippen LogP contribution in [0, 0.1) is 5.82 Å². The number of fused-ring (bicyclic) bond motifs is 1. The van der Waals surface area contributed by atoms with E-state index in [2.05, 4.69) is 10.6 Å². The van der Waals surface area contributed by atoms with Gasteiger partial charge >= 0.3 is 0 Å². The van der Waals surface area contributed by atoms with E-state index in [4.69, 9.17) is 4.74 Å². The van der Waals surface area contributed by atoms with E-state index in [-0.39, 0.29) is 36.7 Å². The maximum atomic E-state index is 13.2. The molecule has 2 N–H and O–H groups in total. The van der Waals surface area contributed by atoms with Crippen LogP contribution in [0.4, 0.5) is 10.1 Å².